The van der Waals surface area contributed by atoms with Gasteiger partial charge in [-0.25, -0.2) is 4.79 Å². The molecule has 4 unspecified atom stereocenters. The lowest BCUT2D eigenvalue weighted by atomic mass is 9.84. The fraction of sp³-hybridized carbons (Fsp3) is 0.632. The monoisotopic (exact) mass is 332 g/mol. The van der Waals surface area contributed by atoms with Crippen molar-refractivity contribution in [3.8, 4) is 11.5 Å². The van der Waals surface area contributed by atoms with Crippen molar-refractivity contribution in [1.82, 2.24) is 10.6 Å². The molecule has 2 aliphatic rings. The van der Waals surface area contributed by atoms with Gasteiger partial charge in [-0.05, 0) is 63.0 Å². The Labute approximate surface area is 144 Å². The molecular weight excluding hydrogens is 304 g/mol. The van der Waals surface area contributed by atoms with E-state index in [4.69, 9.17) is 9.47 Å². The molecule has 5 heteroatoms. The largest absolute Gasteiger partial charge is 0.490 e. The van der Waals surface area contributed by atoms with Crippen LogP contribution in [0.1, 0.15) is 39.5 Å². The van der Waals surface area contributed by atoms with Crippen molar-refractivity contribution in [1.29, 1.82) is 0 Å². The van der Waals surface area contributed by atoms with Crippen molar-refractivity contribution in [3.05, 3.63) is 24.3 Å². The highest BCUT2D eigenvalue weighted by Gasteiger charge is 2.42. The number of ether oxygens (including phenoxy) is 2. The van der Waals surface area contributed by atoms with Crippen LogP contribution in [0, 0.1) is 17.8 Å². The lowest BCUT2D eigenvalue weighted by Crippen LogP contribution is -2.46. The zero-order valence-corrected chi connectivity index (χ0v) is 14.6. The zero-order valence-electron chi connectivity index (χ0n) is 14.6. The van der Waals surface area contributed by atoms with Crippen LogP contribution in [0.15, 0.2) is 24.3 Å². The Bertz CT molecular complexity index is 563. The number of benzene rings is 1. The Morgan fingerprint density at radius 2 is 1.96 bits per heavy atom. The Hall–Kier alpha value is -1.91. The summed E-state index contributed by atoms with van der Waals surface area (Å²) in [5.74, 6) is 3.66. The van der Waals surface area contributed by atoms with Crippen LogP contribution < -0.4 is 20.1 Å². The molecule has 0 aromatic heterocycles. The van der Waals surface area contributed by atoms with Crippen LogP contribution in [0.3, 0.4) is 0 Å². The SMILES string of the molecule is CCOc1ccccc1OCNC(=O)NC(C)C1CC2CCC1C2. The normalized spacial score (nSPS) is 26.0. The van der Waals surface area contributed by atoms with Gasteiger partial charge in [0, 0.05) is 6.04 Å². The third-order valence-electron chi connectivity index (χ3n) is 5.40. The van der Waals surface area contributed by atoms with Crippen LogP contribution in [-0.2, 0) is 0 Å². The van der Waals surface area contributed by atoms with Gasteiger partial charge in [-0.2, -0.15) is 0 Å². The van der Waals surface area contributed by atoms with Crippen molar-refractivity contribution < 1.29 is 14.3 Å². The number of urea groups is 1. The molecule has 5 nitrogen and oxygen atoms in total. The van der Waals surface area contributed by atoms with Crippen molar-refractivity contribution in [2.75, 3.05) is 13.3 Å². The molecule has 2 amide bonds. The van der Waals surface area contributed by atoms with Gasteiger partial charge in [-0.1, -0.05) is 18.6 Å². The second-order valence-electron chi connectivity index (χ2n) is 6.95. The molecular formula is C19H28N2O3. The minimum atomic E-state index is -0.167. The molecule has 0 aliphatic heterocycles. The van der Waals surface area contributed by atoms with Gasteiger partial charge < -0.3 is 20.1 Å². The molecule has 0 radical (unpaired) electrons. The number of fused-ring (bicyclic) bond motifs is 2. The summed E-state index contributed by atoms with van der Waals surface area (Å²) in [6, 6.07) is 7.53. The molecule has 4 atom stereocenters. The number of nitrogens with one attached hydrogen (secondary N) is 2. The summed E-state index contributed by atoms with van der Waals surface area (Å²) in [5.41, 5.74) is 0. The van der Waals surface area contributed by atoms with E-state index >= 15 is 0 Å². The van der Waals surface area contributed by atoms with E-state index in [1.165, 1.54) is 25.7 Å². The van der Waals surface area contributed by atoms with Crippen LogP contribution in [0.4, 0.5) is 4.79 Å². The van der Waals surface area contributed by atoms with Gasteiger partial charge in [0.05, 0.1) is 6.61 Å². The first-order chi connectivity index (χ1) is 11.7. The lowest BCUT2D eigenvalue weighted by Gasteiger charge is -2.28. The predicted octanol–water partition coefficient (Wildman–Crippen LogP) is 3.55. The summed E-state index contributed by atoms with van der Waals surface area (Å²) >= 11 is 0. The molecule has 2 bridgehead atoms. The standard InChI is InChI=1S/C19H28N2O3/c1-3-23-17-6-4-5-7-18(17)24-12-20-19(22)21-13(2)16-11-14-8-9-15(16)10-14/h4-7,13-16H,3,8-12H2,1-2H3,(H2,20,21,22). The molecule has 0 saturated heterocycles. The van der Waals surface area contributed by atoms with Crippen LogP contribution in [0.25, 0.3) is 0 Å². The van der Waals surface area contributed by atoms with Crippen molar-refractivity contribution in [2.24, 2.45) is 17.8 Å². The second kappa shape index (κ2) is 7.77. The topological polar surface area (TPSA) is 59.6 Å². The zero-order chi connectivity index (χ0) is 16.9. The van der Waals surface area contributed by atoms with E-state index in [0.717, 1.165) is 11.8 Å². The summed E-state index contributed by atoms with van der Waals surface area (Å²) in [5, 5.41) is 5.84. The maximum Gasteiger partial charge on any atom is 0.317 e. The van der Waals surface area contributed by atoms with E-state index in [2.05, 4.69) is 17.6 Å². The van der Waals surface area contributed by atoms with E-state index in [9.17, 15) is 4.79 Å². The average Bonchev–Trinajstić information content (AvgIpc) is 3.20. The first kappa shape index (κ1) is 16.9. The number of rotatable bonds is 7. The Morgan fingerprint density at radius 3 is 2.58 bits per heavy atom. The van der Waals surface area contributed by atoms with Gasteiger partial charge in [-0.15, -0.1) is 0 Å². The molecule has 0 heterocycles. The smallest absolute Gasteiger partial charge is 0.317 e. The van der Waals surface area contributed by atoms with Crippen molar-refractivity contribution in [3.63, 3.8) is 0 Å². The van der Waals surface area contributed by atoms with Gasteiger partial charge in [-0.3, -0.25) is 0 Å². The Kier molecular flexibility index (Phi) is 5.48. The molecule has 0 spiro atoms. The van der Waals surface area contributed by atoms with Crippen LogP contribution in [0.2, 0.25) is 0 Å². The van der Waals surface area contributed by atoms with Crippen LogP contribution in [-0.4, -0.2) is 25.4 Å². The van der Waals surface area contributed by atoms with E-state index in [1.807, 2.05) is 31.2 Å². The number of amides is 2. The maximum absolute atomic E-state index is 12.1. The molecule has 132 valence electrons. The number of carbonyl (C=O) groups is 1. The molecule has 24 heavy (non-hydrogen) atoms. The van der Waals surface area contributed by atoms with Crippen molar-refractivity contribution in [2.45, 2.75) is 45.6 Å². The number of hydrogen-bond donors (Lipinski definition) is 2. The Balaban J connectivity index is 1.41. The summed E-state index contributed by atoms with van der Waals surface area (Å²) in [6.45, 7) is 4.75. The summed E-state index contributed by atoms with van der Waals surface area (Å²) in [4.78, 5) is 12.1. The van der Waals surface area contributed by atoms with E-state index in [1.54, 1.807) is 0 Å². The quantitative estimate of drug-likeness (QED) is 0.751. The number of para-hydroxylation sites is 2. The number of carbonyl (C=O) groups excluding carboxylic acids is 1. The molecule has 1 aromatic rings. The van der Waals surface area contributed by atoms with Crippen LogP contribution in [0.5, 0.6) is 11.5 Å². The summed E-state index contributed by atoms with van der Waals surface area (Å²) < 4.78 is 11.1. The predicted molar refractivity (Wildman–Crippen MR) is 93.2 cm³/mol. The first-order valence-corrected chi connectivity index (χ1v) is 9.06. The van der Waals surface area contributed by atoms with E-state index < -0.39 is 0 Å². The highest BCUT2D eigenvalue weighted by molar-refractivity contribution is 5.74. The number of hydrogen-bond acceptors (Lipinski definition) is 3. The lowest BCUT2D eigenvalue weighted by molar-refractivity contribution is 0.205. The molecule has 2 N–H and O–H groups in total. The Morgan fingerprint density at radius 1 is 1.21 bits per heavy atom. The minimum absolute atomic E-state index is 0.124. The van der Waals surface area contributed by atoms with Gasteiger partial charge in [0.25, 0.3) is 0 Å². The van der Waals surface area contributed by atoms with E-state index in [0.29, 0.717) is 24.0 Å². The highest BCUT2D eigenvalue weighted by Crippen LogP contribution is 2.49. The molecule has 2 aliphatic carbocycles. The average molecular weight is 332 g/mol. The van der Waals surface area contributed by atoms with Gasteiger partial charge in [0.15, 0.2) is 18.2 Å². The van der Waals surface area contributed by atoms with Gasteiger partial charge in [0.1, 0.15) is 0 Å². The molecule has 2 saturated carbocycles. The fourth-order valence-corrected chi connectivity index (χ4v) is 4.29. The summed E-state index contributed by atoms with van der Waals surface area (Å²) in [7, 11) is 0. The summed E-state index contributed by atoms with van der Waals surface area (Å²) in [6.07, 6.45) is 5.34. The fourth-order valence-electron chi connectivity index (χ4n) is 4.29. The minimum Gasteiger partial charge on any atom is -0.490 e. The molecule has 3 rings (SSSR count). The van der Waals surface area contributed by atoms with Gasteiger partial charge >= 0.3 is 6.03 Å². The van der Waals surface area contributed by atoms with Gasteiger partial charge in [0.2, 0.25) is 0 Å². The van der Waals surface area contributed by atoms with Crippen LogP contribution >= 0.6 is 0 Å². The highest BCUT2D eigenvalue weighted by atomic mass is 16.5. The van der Waals surface area contributed by atoms with E-state index in [-0.39, 0.29) is 18.8 Å². The molecule has 2 fully saturated rings. The third-order valence-corrected chi connectivity index (χ3v) is 5.40. The second-order valence-corrected chi connectivity index (χ2v) is 6.95. The maximum atomic E-state index is 12.1. The third kappa shape index (κ3) is 3.94. The first-order valence-electron chi connectivity index (χ1n) is 9.06. The molecule has 1 aromatic carbocycles. The van der Waals surface area contributed by atoms with Crippen molar-refractivity contribution >= 4 is 6.03 Å².